The molecule has 0 amide bonds. The largest absolute Gasteiger partial charge is 0.583 e. The van der Waals surface area contributed by atoms with Crippen LogP contribution in [0.2, 0.25) is 0 Å². The van der Waals surface area contributed by atoms with Gasteiger partial charge in [0.15, 0.2) is 0 Å². The van der Waals surface area contributed by atoms with Gasteiger partial charge in [0.1, 0.15) is 0 Å². The average molecular weight is 209 g/mol. The molecule has 10 heavy (non-hydrogen) atoms. The molecule has 0 spiro atoms. The molecule has 1 radical (unpaired) electrons. The molecule has 1 aromatic rings. The molecule has 1 heterocycles. The maximum absolute atomic E-state index is 5.25. The molecule has 0 bridgehead atoms. The second-order valence-corrected chi connectivity index (χ2v) is 1.97. The van der Waals surface area contributed by atoms with E-state index in [0.29, 0.717) is 0 Å². The van der Waals surface area contributed by atoms with E-state index in [0.717, 1.165) is 16.9 Å². The number of aryl methyl sites for hydroxylation is 1. The molecule has 0 atom stereocenters. The predicted molar refractivity (Wildman–Crippen MR) is 35.8 cm³/mol. The van der Waals surface area contributed by atoms with Crippen molar-refractivity contribution in [2.24, 2.45) is 0 Å². The number of furan rings is 1. The summed E-state index contributed by atoms with van der Waals surface area (Å²) in [6.07, 6.45) is 4.16. The Balaban J connectivity index is 0.000000810. The van der Waals surface area contributed by atoms with Crippen molar-refractivity contribution in [2.45, 2.75) is 13.8 Å². The van der Waals surface area contributed by atoms with Gasteiger partial charge in [0.25, 0.3) is 0 Å². The van der Waals surface area contributed by atoms with E-state index < -0.39 is 0 Å². The predicted octanol–water partition coefficient (Wildman–Crippen LogP) is 2.14. The Kier molecular flexibility index (Phi) is 4.15. The third kappa shape index (κ3) is 1.80. The molecule has 0 saturated carbocycles. The van der Waals surface area contributed by atoms with Gasteiger partial charge >= 0.3 is 0 Å². The Labute approximate surface area is 86.4 Å². The maximum Gasteiger partial charge on any atom is 0 e. The van der Waals surface area contributed by atoms with Crippen LogP contribution in [-0.4, -0.2) is 0 Å². The third-order valence-electron chi connectivity index (χ3n) is 1.41. The van der Waals surface area contributed by atoms with E-state index in [1.165, 1.54) is 6.08 Å². The van der Waals surface area contributed by atoms with Crippen molar-refractivity contribution in [2.75, 3.05) is 0 Å². The van der Waals surface area contributed by atoms with Crippen LogP contribution in [0.1, 0.15) is 16.9 Å². The van der Waals surface area contributed by atoms with Crippen LogP contribution in [0, 0.1) is 26.7 Å². The van der Waals surface area contributed by atoms with E-state index in [4.69, 9.17) is 11.0 Å². The fraction of sp³-hybridized carbons (Fsp3) is 0.250. The summed E-state index contributed by atoms with van der Waals surface area (Å²) in [6.45, 7) is 9.09. The Hall–Kier alpha value is 0.124. The van der Waals surface area contributed by atoms with E-state index in [1.54, 1.807) is 0 Å². The summed E-state index contributed by atoms with van der Waals surface area (Å²) in [4.78, 5) is 0. The number of hydrogen-bond acceptors (Lipinski definition) is 1. The second kappa shape index (κ2) is 4.10. The van der Waals surface area contributed by atoms with Crippen molar-refractivity contribution in [3.8, 4) is 0 Å². The van der Waals surface area contributed by atoms with Gasteiger partial charge in [-0.3, -0.25) is 5.56 Å². The van der Waals surface area contributed by atoms with Crippen LogP contribution in [0.25, 0.3) is 6.08 Å². The zero-order chi connectivity index (χ0) is 6.85. The van der Waals surface area contributed by atoms with E-state index in [-0.39, 0.29) is 32.7 Å². The molecule has 0 N–H and O–H groups in total. The van der Waals surface area contributed by atoms with Gasteiger partial charge in [-0.25, -0.2) is 5.56 Å². The molecule has 0 unspecified atom stereocenters. The van der Waals surface area contributed by atoms with Crippen LogP contribution in [0.5, 0.6) is 0 Å². The zero-order valence-electron chi connectivity index (χ0n) is 6.14. The summed E-state index contributed by atoms with van der Waals surface area (Å²) in [5.74, 6) is 0.881. The van der Waals surface area contributed by atoms with Crippen LogP contribution in [0.4, 0.5) is 0 Å². The van der Waals surface area contributed by atoms with Crippen molar-refractivity contribution in [3.05, 3.63) is 29.7 Å². The standard InChI is InChI=1S/C8H8O.Y/c1-4-8-5-9-7(3)6(8)2;/h1,4H,2-3H3;/q-2;. The van der Waals surface area contributed by atoms with E-state index >= 15 is 0 Å². The minimum absolute atomic E-state index is 0. The summed E-state index contributed by atoms with van der Waals surface area (Å²) >= 11 is 0. The zero-order valence-corrected chi connectivity index (χ0v) is 8.98. The molecule has 0 saturated heterocycles. The van der Waals surface area contributed by atoms with Crippen molar-refractivity contribution in [1.29, 1.82) is 0 Å². The molecule has 2 heteroatoms. The Bertz CT molecular complexity index is 225. The van der Waals surface area contributed by atoms with Crippen LogP contribution in [-0.2, 0) is 32.7 Å². The fourth-order valence-electron chi connectivity index (χ4n) is 0.633. The smallest absolute Gasteiger partial charge is 0 e. The topological polar surface area (TPSA) is 13.1 Å². The minimum atomic E-state index is 0. The molecule has 0 aliphatic carbocycles. The molecule has 1 nitrogen and oxygen atoms in total. The van der Waals surface area contributed by atoms with Gasteiger partial charge in [-0.1, -0.05) is 20.1 Å². The first-order valence-electron chi connectivity index (χ1n) is 2.78. The van der Waals surface area contributed by atoms with Crippen molar-refractivity contribution >= 4 is 6.08 Å². The van der Waals surface area contributed by atoms with Gasteiger partial charge in [-0.15, -0.1) is 0 Å². The fourth-order valence-corrected chi connectivity index (χ4v) is 0.633. The SMILES string of the molecule is [CH-]=Cc1[c-]oc(C)c1C.[Y]. The van der Waals surface area contributed by atoms with Crippen molar-refractivity contribution in [1.82, 2.24) is 0 Å². The van der Waals surface area contributed by atoms with Crippen LogP contribution in [0.3, 0.4) is 0 Å². The molecule has 0 aliphatic rings. The minimum Gasteiger partial charge on any atom is -0.583 e. The summed E-state index contributed by atoms with van der Waals surface area (Å²) in [7, 11) is 0. The quantitative estimate of drug-likeness (QED) is 0.646. The van der Waals surface area contributed by atoms with Crippen LogP contribution >= 0.6 is 0 Å². The van der Waals surface area contributed by atoms with Gasteiger partial charge in [0.2, 0.25) is 0 Å². The van der Waals surface area contributed by atoms with Crippen LogP contribution < -0.4 is 0 Å². The monoisotopic (exact) mass is 209 g/mol. The molecular weight excluding hydrogens is 201 g/mol. The Morgan fingerprint density at radius 1 is 1.50 bits per heavy atom. The normalized spacial score (nSPS) is 8.60. The third-order valence-corrected chi connectivity index (χ3v) is 1.41. The molecule has 1 rings (SSSR count). The van der Waals surface area contributed by atoms with Crippen molar-refractivity contribution in [3.63, 3.8) is 0 Å². The second-order valence-electron chi connectivity index (χ2n) is 1.97. The Morgan fingerprint density at radius 3 is 2.30 bits per heavy atom. The molecule has 0 aromatic carbocycles. The molecule has 0 aliphatic heterocycles. The van der Waals surface area contributed by atoms with Crippen molar-refractivity contribution < 1.29 is 37.1 Å². The number of rotatable bonds is 1. The average Bonchev–Trinajstić information content (AvgIpc) is 2.15. The molecular formula is C8H8OY-2. The first-order chi connectivity index (χ1) is 4.25. The van der Waals surface area contributed by atoms with Gasteiger partial charge in [-0.2, -0.15) is 0 Å². The first kappa shape index (κ1) is 10.1. The summed E-state index contributed by atoms with van der Waals surface area (Å²) < 4.78 is 4.95. The van der Waals surface area contributed by atoms with Gasteiger partial charge in [0, 0.05) is 32.7 Å². The maximum atomic E-state index is 5.25. The Morgan fingerprint density at radius 2 is 2.10 bits per heavy atom. The van der Waals surface area contributed by atoms with E-state index in [1.807, 2.05) is 13.8 Å². The summed E-state index contributed by atoms with van der Waals surface area (Å²) in [5.41, 5.74) is 1.92. The van der Waals surface area contributed by atoms with E-state index in [2.05, 4.69) is 6.26 Å². The molecule has 51 valence electrons. The molecule has 1 aromatic heterocycles. The van der Waals surface area contributed by atoms with Crippen LogP contribution in [0.15, 0.2) is 4.42 Å². The summed E-state index contributed by atoms with van der Waals surface area (Å²) in [6, 6.07) is 0. The van der Waals surface area contributed by atoms with E-state index in [9.17, 15) is 0 Å². The molecule has 0 fully saturated rings. The van der Waals surface area contributed by atoms with Gasteiger partial charge in [0.05, 0.1) is 0 Å². The van der Waals surface area contributed by atoms with Gasteiger partial charge in [-0.05, 0) is 5.76 Å². The number of hydrogen-bond donors (Lipinski definition) is 0. The van der Waals surface area contributed by atoms with Gasteiger partial charge < -0.3 is 17.1 Å². The summed E-state index contributed by atoms with van der Waals surface area (Å²) in [5, 5.41) is 0. The first-order valence-corrected chi connectivity index (χ1v) is 2.78.